The van der Waals surface area contributed by atoms with Crippen LogP contribution in [0.25, 0.3) is 0 Å². The second-order valence-corrected chi connectivity index (χ2v) is 4.73. The van der Waals surface area contributed by atoms with E-state index >= 15 is 0 Å². The van der Waals surface area contributed by atoms with Crippen molar-refractivity contribution in [2.24, 2.45) is 10.7 Å². The zero-order chi connectivity index (χ0) is 13.2. The lowest BCUT2D eigenvalue weighted by molar-refractivity contribution is 0.764. The molecular formula is C14H13ClN4. The first-order valence-electron chi connectivity index (χ1n) is 6.01. The zero-order valence-electron chi connectivity index (χ0n) is 10.2. The fourth-order valence-corrected chi connectivity index (χ4v) is 2.49. The molecule has 0 aliphatic carbocycles. The van der Waals surface area contributed by atoms with Gasteiger partial charge in [0.25, 0.3) is 0 Å². The number of nitrogens with zero attached hydrogens (tertiary/aromatic N) is 3. The van der Waals surface area contributed by atoms with Gasteiger partial charge in [0.1, 0.15) is 0 Å². The molecule has 0 fully saturated rings. The van der Waals surface area contributed by atoms with E-state index in [0.29, 0.717) is 17.5 Å². The lowest BCUT2D eigenvalue weighted by atomic mass is 10.1. The highest BCUT2D eigenvalue weighted by Gasteiger charge is 2.29. The summed E-state index contributed by atoms with van der Waals surface area (Å²) < 4.78 is 0. The molecule has 1 aliphatic heterocycles. The number of hydrogen-bond donors (Lipinski definition) is 1. The molecule has 1 aromatic heterocycles. The second kappa shape index (κ2) is 4.90. The number of benzene rings is 1. The molecule has 4 nitrogen and oxygen atoms in total. The van der Waals surface area contributed by atoms with Crippen LogP contribution in [0.4, 0.5) is 5.69 Å². The summed E-state index contributed by atoms with van der Waals surface area (Å²) in [6, 6.07) is 11.6. The number of rotatable bonds is 2. The molecule has 1 aliphatic rings. The smallest absolute Gasteiger partial charge is 0.196 e. The normalized spacial score (nSPS) is 18.5. The Hall–Kier alpha value is -2.07. The molecule has 5 heteroatoms. The summed E-state index contributed by atoms with van der Waals surface area (Å²) in [6.45, 7) is 0.614. The Labute approximate surface area is 116 Å². The first-order valence-corrected chi connectivity index (χ1v) is 6.39. The fourth-order valence-electron chi connectivity index (χ4n) is 2.26. The molecule has 19 heavy (non-hydrogen) atoms. The second-order valence-electron chi connectivity index (χ2n) is 4.32. The fraction of sp³-hybridized carbons (Fsp3) is 0.143. The molecule has 1 unspecified atom stereocenters. The third-order valence-electron chi connectivity index (χ3n) is 3.17. The Bertz CT molecular complexity index is 612. The van der Waals surface area contributed by atoms with Gasteiger partial charge in [0.05, 0.1) is 23.3 Å². The highest BCUT2D eigenvalue weighted by Crippen LogP contribution is 2.34. The summed E-state index contributed by atoms with van der Waals surface area (Å²) in [5.74, 6) is 0.488. The minimum Gasteiger partial charge on any atom is -0.369 e. The van der Waals surface area contributed by atoms with Crippen LogP contribution in [0.3, 0.4) is 0 Å². The summed E-state index contributed by atoms with van der Waals surface area (Å²) in [5, 5.41) is 0.663. The van der Waals surface area contributed by atoms with Gasteiger partial charge in [0, 0.05) is 12.4 Å². The van der Waals surface area contributed by atoms with Crippen molar-refractivity contribution in [3.63, 3.8) is 0 Å². The summed E-state index contributed by atoms with van der Waals surface area (Å²) >= 11 is 6.25. The van der Waals surface area contributed by atoms with Crippen LogP contribution in [0.15, 0.2) is 53.8 Å². The first kappa shape index (κ1) is 12.0. The van der Waals surface area contributed by atoms with Gasteiger partial charge in [-0.1, -0.05) is 29.8 Å². The number of hydrogen-bond acceptors (Lipinski definition) is 4. The molecule has 2 N–H and O–H groups in total. The van der Waals surface area contributed by atoms with E-state index in [4.69, 9.17) is 17.3 Å². The van der Waals surface area contributed by atoms with Crippen LogP contribution in [0.1, 0.15) is 11.6 Å². The standard InChI is InChI=1S/C14H13ClN4/c15-11-5-1-2-6-12(11)19-13(9-18-14(19)16)10-4-3-7-17-8-10/h1-8,13H,9H2,(H2,16,18). The van der Waals surface area contributed by atoms with Crippen molar-refractivity contribution in [1.29, 1.82) is 0 Å². The third-order valence-corrected chi connectivity index (χ3v) is 3.49. The van der Waals surface area contributed by atoms with Crippen molar-refractivity contribution >= 4 is 23.2 Å². The van der Waals surface area contributed by atoms with Crippen LogP contribution in [0, 0.1) is 0 Å². The van der Waals surface area contributed by atoms with E-state index in [0.717, 1.165) is 11.3 Å². The minimum atomic E-state index is 0.0496. The molecule has 0 saturated carbocycles. The molecule has 2 heterocycles. The Balaban J connectivity index is 2.02. The number of pyridine rings is 1. The zero-order valence-corrected chi connectivity index (χ0v) is 11.0. The van der Waals surface area contributed by atoms with Crippen LogP contribution in [-0.2, 0) is 0 Å². The van der Waals surface area contributed by atoms with E-state index in [-0.39, 0.29) is 6.04 Å². The molecule has 2 aromatic rings. The summed E-state index contributed by atoms with van der Waals surface area (Å²) in [5.41, 5.74) is 7.95. The maximum atomic E-state index is 6.25. The van der Waals surface area contributed by atoms with Crippen molar-refractivity contribution < 1.29 is 0 Å². The Morgan fingerprint density at radius 3 is 2.79 bits per heavy atom. The predicted molar refractivity (Wildman–Crippen MR) is 77.4 cm³/mol. The SMILES string of the molecule is NC1=NCC(c2cccnc2)N1c1ccccc1Cl. The van der Waals surface area contributed by atoms with Gasteiger partial charge in [0.2, 0.25) is 0 Å². The maximum Gasteiger partial charge on any atom is 0.196 e. The molecule has 1 aromatic carbocycles. The topological polar surface area (TPSA) is 54.5 Å². The van der Waals surface area contributed by atoms with Gasteiger partial charge in [-0.05, 0) is 23.8 Å². The number of nitrogens with two attached hydrogens (primary N) is 1. The van der Waals surface area contributed by atoms with E-state index < -0.39 is 0 Å². The highest BCUT2D eigenvalue weighted by atomic mass is 35.5. The number of anilines is 1. The van der Waals surface area contributed by atoms with Crippen LogP contribution in [-0.4, -0.2) is 17.5 Å². The molecule has 96 valence electrons. The summed E-state index contributed by atoms with van der Waals surface area (Å²) in [4.78, 5) is 10.4. The van der Waals surface area contributed by atoms with Gasteiger partial charge in [-0.25, -0.2) is 0 Å². The van der Waals surface area contributed by atoms with Crippen LogP contribution in [0.5, 0.6) is 0 Å². The molecule has 3 rings (SSSR count). The number of halogens is 1. The highest BCUT2D eigenvalue weighted by molar-refractivity contribution is 6.33. The maximum absolute atomic E-state index is 6.25. The first-order chi connectivity index (χ1) is 9.27. The molecule has 0 spiro atoms. The van der Waals surface area contributed by atoms with Crippen molar-refractivity contribution in [2.45, 2.75) is 6.04 Å². The van der Waals surface area contributed by atoms with E-state index in [2.05, 4.69) is 9.98 Å². The van der Waals surface area contributed by atoms with Crippen molar-refractivity contribution in [3.05, 3.63) is 59.4 Å². The van der Waals surface area contributed by atoms with Gasteiger partial charge >= 0.3 is 0 Å². The van der Waals surface area contributed by atoms with Gasteiger partial charge in [-0.2, -0.15) is 0 Å². The minimum absolute atomic E-state index is 0.0496. The Morgan fingerprint density at radius 1 is 1.21 bits per heavy atom. The van der Waals surface area contributed by atoms with Crippen LogP contribution >= 0.6 is 11.6 Å². The number of aliphatic imine (C=N–C) groups is 1. The van der Waals surface area contributed by atoms with Gasteiger partial charge in [0.15, 0.2) is 5.96 Å². The summed E-state index contributed by atoms with van der Waals surface area (Å²) in [6.07, 6.45) is 3.59. The number of guanidine groups is 1. The lowest BCUT2D eigenvalue weighted by Crippen LogP contribution is -2.36. The molecule has 0 amide bonds. The molecule has 0 saturated heterocycles. The summed E-state index contributed by atoms with van der Waals surface area (Å²) in [7, 11) is 0. The molecular weight excluding hydrogens is 260 g/mol. The molecule has 1 atom stereocenters. The Kier molecular flexibility index (Phi) is 3.09. The molecule has 0 bridgehead atoms. The Morgan fingerprint density at radius 2 is 2.05 bits per heavy atom. The van der Waals surface area contributed by atoms with Gasteiger partial charge < -0.3 is 10.6 Å². The predicted octanol–water partition coefficient (Wildman–Crippen LogP) is 2.61. The largest absolute Gasteiger partial charge is 0.369 e. The van der Waals surface area contributed by atoms with Crippen molar-refractivity contribution in [3.8, 4) is 0 Å². The quantitative estimate of drug-likeness (QED) is 0.914. The average molecular weight is 273 g/mol. The van der Waals surface area contributed by atoms with Crippen molar-refractivity contribution in [2.75, 3.05) is 11.4 Å². The lowest BCUT2D eigenvalue weighted by Gasteiger charge is -2.27. The van der Waals surface area contributed by atoms with E-state index in [1.165, 1.54) is 0 Å². The average Bonchev–Trinajstić information content (AvgIpc) is 2.82. The van der Waals surface area contributed by atoms with Crippen molar-refractivity contribution in [1.82, 2.24) is 4.98 Å². The third kappa shape index (κ3) is 2.15. The number of para-hydroxylation sites is 1. The van der Waals surface area contributed by atoms with Crippen LogP contribution < -0.4 is 10.6 Å². The van der Waals surface area contributed by atoms with Gasteiger partial charge in [-0.3, -0.25) is 9.98 Å². The van der Waals surface area contributed by atoms with Crippen LogP contribution in [0.2, 0.25) is 5.02 Å². The van der Waals surface area contributed by atoms with E-state index in [1.807, 2.05) is 47.5 Å². The van der Waals surface area contributed by atoms with E-state index in [9.17, 15) is 0 Å². The van der Waals surface area contributed by atoms with E-state index in [1.54, 1.807) is 6.20 Å². The number of aromatic nitrogens is 1. The molecule has 0 radical (unpaired) electrons. The monoisotopic (exact) mass is 272 g/mol. The van der Waals surface area contributed by atoms with Gasteiger partial charge in [-0.15, -0.1) is 0 Å².